The maximum absolute atomic E-state index is 4.62. The highest BCUT2D eigenvalue weighted by Gasteiger charge is 2.08. The molecular formula is C14H18N2. The van der Waals surface area contributed by atoms with Crippen LogP contribution < -0.4 is 0 Å². The van der Waals surface area contributed by atoms with Crippen LogP contribution in [0.5, 0.6) is 0 Å². The van der Waals surface area contributed by atoms with E-state index in [2.05, 4.69) is 57.1 Å². The minimum absolute atomic E-state index is 0.477. The predicted octanol–water partition coefficient (Wildman–Crippen LogP) is 3.61. The summed E-state index contributed by atoms with van der Waals surface area (Å²) in [5, 5.41) is 4.62. The third kappa shape index (κ3) is 1.87. The molecule has 0 unspecified atom stereocenters. The quantitative estimate of drug-likeness (QED) is 0.746. The van der Waals surface area contributed by atoms with E-state index < -0.39 is 0 Å². The number of hydrogen-bond acceptors (Lipinski definition) is 1. The number of aryl methyl sites for hydroxylation is 2. The van der Waals surface area contributed by atoms with Crippen LogP contribution in [0.3, 0.4) is 0 Å². The molecule has 0 atom stereocenters. The predicted molar refractivity (Wildman–Crippen MR) is 67.1 cm³/mol. The first-order valence-electron chi connectivity index (χ1n) is 5.71. The highest BCUT2D eigenvalue weighted by molar-refractivity contribution is 5.46. The van der Waals surface area contributed by atoms with Gasteiger partial charge in [-0.25, -0.2) is 4.68 Å². The Kier molecular flexibility index (Phi) is 2.82. The largest absolute Gasteiger partial charge is 0.240 e. The smallest absolute Gasteiger partial charge is 0.0703 e. The van der Waals surface area contributed by atoms with Crippen LogP contribution in [0.15, 0.2) is 30.5 Å². The molecule has 0 amide bonds. The zero-order chi connectivity index (χ0) is 11.7. The lowest BCUT2D eigenvalue weighted by Crippen LogP contribution is -2.01. The maximum Gasteiger partial charge on any atom is 0.0703 e. The van der Waals surface area contributed by atoms with Gasteiger partial charge < -0.3 is 0 Å². The van der Waals surface area contributed by atoms with Gasteiger partial charge in [-0.2, -0.15) is 5.10 Å². The number of benzene rings is 1. The second-order valence-corrected chi connectivity index (χ2v) is 4.58. The van der Waals surface area contributed by atoms with Crippen LogP contribution in [-0.4, -0.2) is 9.78 Å². The molecule has 84 valence electrons. The Morgan fingerprint density at radius 3 is 2.19 bits per heavy atom. The molecule has 2 heteroatoms. The molecule has 0 spiro atoms. The van der Waals surface area contributed by atoms with Gasteiger partial charge in [0.15, 0.2) is 0 Å². The van der Waals surface area contributed by atoms with Crippen LogP contribution in [0.1, 0.15) is 36.6 Å². The number of aromatic nitrogens is 2. The van der Waals surface area contributed by atoms with Gasteiger partial charge in [-0.3, -0.25) is 0 Å². The van der Waals surface area contributed by atoms with E-state index in [0.717, 1.165) is 5.69 Å². The molecular weight excluding hydrogens is 196 g/mol. The number of nitrogens with zero attached hydrogens (tertiary/aromatic N) is 2. The van der Waals surface area contributed by atoms with Crippen LogP contribution in [0.25, 0.3) is 5.69 Å². The summed E-state index contributed by atoms with van der Waals surface area (Å²) in [6.45, 7) is 8.58. The van der Waals surface area contributed by atoms with E-state index in [0.29, 0.717) is 5.92 Å². The molecule has 0 bridgehead atoms. The minimum atomic E-state index is 0.477. The van der Waals surface area contributed by atoms with Gasteiger partial charge in [-0.15, -0.1) is 0 Å². The summed E-state index contributed by atoms with van der Waals surface area (Å²) >= 11 is 0. The lowest BCUT2D eigenvalue weighted by Gasteiger charge is -2.09. The van der Waals surface area contributed by atoms with Crippen molar-refractivity contribution in [3.63, 3.8) is 0 Å². The lowest BCUT2D eigenvalue weighted by molar-refractivity contribution is 0.764. The standard InChI is InChI=1S/C14H18N2/c1-10(2)13-8-9-16(15-13)14-11(3)6-5-7-12(14)4/h5-10H,1-4H3. The zero-order valence-electron chi connectivity index (χ0n) is 10.4. The molecule has 0 N–H and O–H groups in total. The van der Waals surface area contributed by atoms with Gasteiger partial charge in [0.2, 0.25) is 0 Å². The molecule has 0 saturated carbocycles. The van der Waals surface area contributed by atoms with Crippen LogP contribution in [0.4, 0.5) is 0 Å². The normalized spacial score (nSPS) is 11.1. The summed E-state index contributed by atoms with van der Waals surface area (Å²) in [4.78, 5) is 0. The fraction of sp³-hybridized carbons (Fsp3) is 0.357. The SMILES string of the molecule is Cc1cccc(C)c1-n1ccc(C(C)C)n1. The summed E-state index contributed by atoms with van der Waals surface area (Å²) in [6.07, 6.45) is 2.05. The molecule has 2 aromatic rings. The molecule has 1 aromatic heterocycles. The molecule has 0 saturated heterocycles. The number of para-hydroxylation sites is 1. The zero-order valence-corrected chi connectivity index (χ0v) is 10.4. The Morgan fingerprint density at radius 1 is 1.06 bits per heavy atom. The fourth-order valence-corrected chi connectivity index (χ4v) is 1.94. The molecule has 0 aliphatic heterocycles. The van der Waals surface area contributed by atoms with Crippen LogP contribution in [0.2, 0.25) is 0 Å². The Bertz CT molecular complexity index is 475. The summed E-state index contributed by atoms with van der Waals surface area (Å²) < 4.78 is 1.99. The van der Waals surface area contributed by atoms with Crippen molar-refractivity contribution < 1.29 is 0 Å². The summed E-state index contributed by atoms with van der Waals surface area (Å²) in [7, 11) is 0. The minimum Gasteiger partial charge on any atom is -0.240 e. The van der Waals surface area contributed by atoms with Crippen molar-refractivity contribution in [2.75, 3.05) is 0 Å². The second kappa shape index (κ2) is 4.12. The average molecular weight is 214 g/mol. The van der Waals surface area contributed by atoms with Gasteiger partial charge in [-0.05, 0) is 37.0 Å². The summed E-state index contributed by atoms with van der Waals surface area (Å²) in [5.74, 6) is 0.477. The van der Waals surface area contributed by atoms with Crippen LogP contribution in [0, 0.1) is 13.8 Å². The molecule has 0 fully saturated rings. The Balaban J connectivity index is 2.50. The Labute approximate surface area is 96.9 Å². The molecule has 0 aliphatic carbocycles. The topological polar surface area (TPSA) is 17.8 Å². The Morgan fingerprint density at radius 2 is 1.69 bits per heavy atom. The van der Waals surface area contributed by atoms with Crippen LogP contribution >= 0.6 is 0 Å². The van der Waals surface area contributed by atoms with E-state index in [4.69, 9.17) is 0 Å². The van der Waals surface area contributed by atoms with Crippen molar-refractivity contribution in [1.82, 2.24) is 9.78 Å². The van der Waals surface area contributed by atoms with Gasteiger partial charge in [0.05, 0.1) is 11.4 Å². The summed E-state index contributed by atoms with van der Waals surface area (Å²) in [6, 6.07) is 8.43. The molecule has 0 radical (unpaired) electrons. The monoisotopic (exact) mass is 214 g/mol. The Hall–Kier alpha value is -1.57. The first-order chi connectivity index (χ1) is 7.59. The molecule has 1 heterocycles. The van der Waals surface area contributed by atoms with Gasteiger partial charge in [0.1, 0.15) is 0 Å². The van der Waals surface area contributed by atoms with Crippen molar-refractivity contribution in [2.45, 2.75) is 33.6 Å². The lowest BCUT2D eigenvalue weighted by atomic mass is 10.1. The van der Waals surface area contributed by atoms with Gasteiger partial charge in [0.25, 0.3) is 0 Å². The van der Waals surface area contributed by atoms with E-state index in [-0.39, 0.29) is 0 Å². The molecule has 0 aliphatic rings. The van der Waals surface area contributed by atoms with Gasteiger partial charge >= 0.3 is 0 Å². The highest BCUT2D eigenvalue weighted by Crippen LogP contribution is 2.19. The molecule has 2 nitrogen and oxygen atoms in total. The van der Waals surface area contributed by atoms with Crippen molar-refractivity contribution in [3.8, 4) is 5.69 Å². The number of rotatable bonds is 2. The maximum atomic E-state index is 4.62. The van der Waals surface area contributed by atoms with Gasteiger partial charge in [-0.1, -0.05) is 32.0 Å². The third-order valence-corrected chi connectivity index (χ3v) is 2.87. The second-order valence-electron chi connectivity index (χ2n) is 4.58. The van der Waals surface area contributed by atoms with Crippen molar-refractivity contribution in [3.05, 3.63) is 47.3 Å². The number of hydrogen-bond donors (Lipinski definition) is 0. The summed E-state index contributed by atoms with van der Waals surface area (Å²) in [5.41, 5.74) is 4.87. The first-order valence-corrected chi connectivity index (χ1v) is 5.71. The first kappa shape index (κ1) is 10.9. The van der Waals surface area contributed by atoms with E-state index in [1.807, 2.05) is 10.9 Å². The van der Waals surface area contributed by atoms with E-state index in [1.165, 1.54) is 16.8 Å². The molecule has 1 aromatic carbocycles. The van der Waals surface area contributed by atoms with Crippen molar-refractivity contribution in [1.29, 1.82) is 0 Å². The molecule has 16 heavy (non-hydrogen) atoms. The highest BCUT2D eigenvalue weighted by atomic mass is 15.3. The molecule has 2 rings (SSSR count). The average Bonchev–Trinajstić information content (AvgIpc) is 2.66. The van der Waals surface area contributed by atoms with E-state index in [1.54, 1.807) is 0 Å². The fourth-order valence-electron chi connectivity index (χ4n) is 1.94. The van der Waals surface area contributed by atoms with Crippen molar-refractivity contribution in [2.24, 2.45) is 0 Å². The van der Waals surface area contributed by atoms with Gasteiger partial charge in [0, 0.05) is 6.20 Å². The third-order valence-electron chi connectivity index (χ3n) is 2.87. The van der Waals surface area contributed by atoms with E-state index in [9.17, 15) is 0 Å². The van der Waals surface area contributed by atoms with Crippen LogP contribution in [-0.2, 0) is 0 Å². The van der Waals surface area contributed by atoms with Crippen molar-refractivity contribution >= 4 is 0 Å². The van der Waals surface area contributed by atoms with E-state index >= 15 is 0 Å².